The number of anilines is 1. The van der Waals surface area contributed by atoms with Crippen LogP contribution in [0.5, 0.6) is 5.88 Å². The van der Waals surface area contributed by atoms with E-state index in [9.17, 15) is 9.90 Å². The summed E-state index contributed by atoms with van der Waals surface area (Å²) in [6, 6.07) is 18.8. The summed E-state index contributed by atoms with van der Waals surface area (Å²) in [4.78, 5) is 25.9. The van der Waals surface area contributed by atoms with Gasteiger partial charge in [0.05, 0.1) is 35.8 Å². The number of aromatic carboxylic acids is 1. The molecule has 0 saturated carbocycles. The highest BCUT2D eigenvalue weighted by atomic mass is 16.5. The fourth-order valence-electron chi connectivity index (χ4n) is 5.11. The molecule has 2 aliphatic rings. The highest BCUT2D eigenvalue weighted by Gasteiger charge is 2.25. The molecule has 2 aromatic heterocycles. The van der Waals surface area contributed by atoms with Crippen LogP contribution in [-0.4, -0.2) is 69.4 Å². The van der Waals surface area contributed by atoms with Crippen molar-refractivity contribution in [3.05, 3.63) is 83.2 Å². The van der Waals surface area contributed by atoms with Crippen LogP contribution in [0.2, 0.25) is 0 Å². The summed E-state index contributed by atoms with van der Waals surface area (Å²) in [6.45, 7) is 5.95. The van der Waals surface area contributed by atoms with Crippen LogP contribution in [0.25, 0.3) is 11.0 Å². The molecule has 1 atom stereocenters. The van der Waals surface area contributed by atoms with Gasteiger partial charge < -0.3 is 24.0 Å². The molecule has 4 heterocycles. The molecule has 2 aliphatic heterocycles. The first-order chi connectivity index (χ1) is 19.6. The summed E-state index contributed by atoms with van der Waals surface area (Å²) >= 11 is 0. The fourth-order valence-corrected chi connectivity index (χ4v) is 5.11. The maximum atomic E-state index is 11.6. The first kappa shape index (κ1) is 25.9. The average Bonchev–Trinajstić information content (AvgIpc) is 3.30. The molecule has 0 amide bonds. The van der Waals surface area contributed by atoms with Gasteiger partial charge in [-0.05, 0) is 48.4 Å². The SMILES string of the molecule is C#Cc1ccc(COc2cccc(N3CCN(Cc4nc5ccc(C(=O)O)cc5n4C[C@@H]4CCO4)CC3)n2)cc1. The zero-order valence-corrected chi connectivity index (χ0v) is 22.2. The third-order valence-corrected chi connectivity index (χ3v) is 7.53. The van der Waals surface area contributed by atoms with Crippen LogP contribution in [0.1, 0.15) is 33.7 Å². The van der Waals surface area contributed by atoms with Crippen LogP contribution in [0.4, 0.5) is 5.82 Å². The molecule has 40 heavy (non-hydrogen) atoms. The standard InChI is InChI=1S/C31H31N5O4/c1-2-22-6-8-23(9-7-22)21-40-30-5-3-4-28(33-30)35-15-13-34(14-16-35)20-29-32-26-11-10-24(31(37)38)18-27(26)36(29)19-25-12-17-39-25/h1,3-11,18,25H,12-17,19-21H2,(H,37,38)/t25-/m0/s1. The van der Waals surface area contributed by atoms with Crippen LogP contribution in [0.15, 0.2) is 60.7 Å². The van der Waals surface area contributed by atoms with Crippen LogP contribution in [0.3, 0.4) is 0 Å². The Labute approximate surface area is 233 Å². The van der Waals surface area contributed by atoms with E-state index in [2.05, 4.69) is 20.3 Å². The topological polar surface area (TPSA) is 93.0 Å². The van der Waals surface area contributed by atoms with Crippen LogP contribution >= 0.6 is 0 Å². The smallest absolute Gasteiger partial charge is 0.335 e. The van der Waals surface area contributed by atoms with E-state index in [1.807, 2.05) is 42.5 Å². The second-order valence-corrected chi connectivity index (χ2v) is 10.2. The van der Waals surface area contributed by atoms with Gasteiger partial charge in [-0.1, -0.05) is 24.1 Å². The highest BCUT2D eigenvalue weighted by Crippen LogP contribution is 2.24. The number of carbonyl (C=O) groups is 1. The maximum Gasteiger partial charge on any atom is 0.335 e. The number of piperazine rings is 1. The minimum Gasteiger partial charge on any atom is -0.478 e. The van der Waals surface area contributed by atoms with Gasteiger partial charge in [0.2, 0.25) is 5.88 Å². The Bertz CT molecular complexity index is 1550. The Morgan fingerprint density at radius 1 is 1.07 bits per heavy atom. The van der Waals surface area contributed by atoms with E-state index in [0.717, 1.165) is 73.0 Å². The first-order valence-electron chi connectivity index (χ1n) is 13.5. The number of hydrogen-bond donors (Lipinski definition) is 1. The lowest BCUT2D eigenvalue weighted by Gasteiger charge is -2.35. The number of rotatable bonds is 9. The van der Waals surface area contributed by atoms with E-state index >= 15 is 0 Å². The molecule has 0 radical (unpaired) electrons. The van der Waals surface area contributed by atoms with Gasteiger partial charge in [0.15, 0.2) is 0 Å². The number of pyridine rings is 1. The van der Waals surface area contributed by atoms with E-state index in [1.54, 1.807) is 18.2 Å². The number of benzene rings is 2. The second kappa shape index (κ2) is 11.4. The summed E-state index contributed by atoms with van der Waals surface area (Å²) < 4.78 is 13.8. The lowest BCUT2D eigenvalue weighted by molar-refractivity contribution is -0.0592. The summed E-state index contributed by atoms with van der Waals surface area (Å²) in [6.07, 6.45) is 6.58. The minimum absolute atomic E-state index is 0.143. The van der Waals surface area contributed by atoms with Gasteiger partial charge in [-0.25, -0.2) is 9.78 Å². The molecular weight excluding hydrogens is 506 g/mol. The number of aromatic nitrogens is 3. The molecule has 9 heteroatoms. The van der Waals surface area contributed by atoms with Crippen molar-refractivity contribution in [2.75, 3.05) is 37.7 Å². The Balaban J connectivity index is 1.10. The summed E-state index contributed by atoms with van der Waals surface area (Å²) in [7, 11) is 0. The summed E-state index contributed by atoms with van der Waals surface area (Å²) in [5.74, 6) is 4.11. The molecule has 4 aromatic rings. The van der Waals surface area contributed by atoms with Crippen molar-refractivity contribution in [3.63, 3.8) is 0 Å². The van der Waals surface area contributed by atoms with Gasteiger partial charge in [0.1, 0.15) is 18.2 Å². The number of carboxylic acid groups (broad SMARTS) is 1. The van der Waals surface area contributed by atoms with Crippen molar-refractivity contribution in [1.29, 1.82) is 0 Å². The highest BCUT2D eigenvalue weighted by molar-refractivity contribution is 5.92. The zero-order chi connectivity index (χ0) is 27.5. The molecule has 1 N–H and O–H groups in total. The largest absolute Gasteiger partial charge is 0.478 e. The molecule has 0 bridgehead atoms. The van der Waals surface area contributed by atoms with Crippen molar-refractivity contribution >= 4 is 22.8 Å². The van der Waals surface area contributed by atoms with Gasteiger partial charge in [-0.15, -0.1) is 6.42 Å². The summed E-state index contributed by atoms with van der Waals surface area (Å²) in [5.41, 5.74) is 3.81. The van der Waals surface area contributed by atoms with Crippen molar-refractivity contribution in [2.45, 2.75) is 32.2 Å². The Morgan fingerprint density at radius 2 is 1.88 bits per heavy atom. The third kappa shape index (κ3) is 5.64. The van der Waals surface area contributed by atoms with Gasteiger partial charge in [-0.3, -0.25) is 4.90 Å². The van der Waals surface area contributed by atoms with Gasteiger partial charge in [-0.2, -0.15) is 4.98 Å². The van der Waals surface area contributed by atoms with Crippen molar-refractivity contribution in [3.8, 4) is 18.2 Å². The predicted molar refractivity (Wildman–Crippen MR) is 151 cm³/mol. The van der Waals surface area contributed by atoms with E-state index in [1.165, 1.54) is 0 Å². The molecule has 0 spiro atoms. The lowest BCUT2D eigenvalue weighted by atomic mass is 10.1. The average molecular weight is 538 g/mol. The second-order valence-electron chi connectivity index (χ2n) is 10.2. The fraction of sp³-hybridized carbons (Fsp3) is 0.323. The minimum atomic E-state index is -0.936. The van der Waals surface area contributed by atoms with Crippen LogP contribution in [-0.2, 0) is 24.4 Å². The molecule has 9 nitrogen and oxygen atoms in total. The number of carboxylic acids is 1. The van der Waals surface area contributed by atoms with Gasteiger partial charge >= 0.3 is 5.97 Å². The van der Waals surface area contributed by atoms with Gasteiger partial charge in [0, 0.05) is 44.4 Å². The zero-order valence-electron chi connectivity index (χ0n) is 22.2. The summed E-state index contributed by atoms with van der Waals surface area (Å²) in [5, 5.41) is 9.49. The molecule has 2 fully saturated rings. The van der Waals surface area contributed by atoms with E-state index < -0.39 is 5.97 Å². The Hall–Kier alpha value is -4.39. The quantitative estimate of drug-likeness (QED) is 0.323. The Morgan fingerprint density at radius 3 is 2.58 bits per heavy atom. The molecule has 6 rings (SSSR count). The number of terminal acetylenes is 1. The monoisotopic (exact) mass is 537 g/mol. The molecule has 2 aromatic carbocycles. The molecule has 2 saturated heterocycles. The number of imidazole rings is 1. The molecule has 204 valence electrons. The third-order valence-electron chi connectivity index (χ3n) is 7.53. The molecule has 0 aliphatic carbocycles. The normalized spacial score (nSPS) is 17.4. The van der Waals surface area contributed by atoms with E-state index in [0.29, 0.717) is 25.6 Å². The number of ether oxygens (including phenoxy) is 2. The Kier molecular flexibility index (Phi) is 7.36. The number of nitrogens with zero attached hydrogens (tertiary/aromatic N) is 5. The molecule has 0 unspecified atom stereocenters. The molecular formula is C31H31N5O4. The van der Waals surface area contributed by atoms with E-state index in [4.69, 9.17) is 25.9 Å². The van der Waals surface area contributed by atoms with Crippen molar-refractivity contribution in [1.82, 2.24) is 19.4 Å². The van der Waals surface area contributed by atoms with Crippen LogP contribution < -0.4 is 9.64 Å². The predicted octanol–water partition coefficient (Wildman–Crippen LogP) is 3.80. The maximum absolute atomic E-state index is 11.6. The lowest BCUT2D eigenvalue weighted by Crippen LogP contribution is -2.46. The van der Waals surface area contributed by atoms with Crippen molar-refractivity contribution in [2.24, 2.45) is 0 Å². The van der Waals surface area contributed by atoms with Crippen LogP contribution in [0, 0.1) is 12.3 Å². The van der Waals surface area contributed by atoms with Gasteiger partial charge in [0.25, 0.3) is 0 Å². The first-order valence-corrected chi connectivity index (χ1v) is 13.5. The number of hydrogen-bond acceptors (Lipinski definition) is 7. The number of fused-ring (bicyclic) bond motifs is 1. The van der Waals surface area contributed by atoms with E-state index in [-0.39, 0.29) is 11.7 Å². The van der Waals surface area contributed by atoms with Crippen molar-refractivity contribution < 1.29 is 19.4 Å².